The first-order chi connectivity index (χ1) is 12.0. The molecule has 128 valence electrons. The van der Waals surface area contributed by atoms with E-state index in [1.165, 1.54) is 31.4 Å². The van der Waals surface area contributed by atoms with E-state index < -0.39 is 11.6 Å². The van der Waals surface area contributed by atoms with E-state index in [1.807, 2.05) is 0 Å². The molecule has 0 N–H and O–H groups in total. The molecule has 0 spiro atoms. The zero-order valence-corrected chi connectivity index (χ0v) is 14.3. The fourth-order valence-electron chi connectivity index (χ4n) is 2.56. The average Bonchev–Trinajstić information content (AvgIpc) is 2.62. The third kappa shape index (κ3) is 2.92. The van der Waals surface area contributed by atoms with Crippen molar-refractivity contribution in [2.24, 2.45) is 0 Å². The summed E-state index contributed by atoms with van der Waals surface area (Å²) in [6.07, 6.45) is 0.458. The van der Waals surface area contributed by atoms with Gasteiger partial charge in [0.25, 0.3) is 0 Å². The van der Waals surface area contributed by atoms with E-state index in [9.17, 15) is 9.18 Å². The van der Waals surface area contributed by atoms with Gasteiger partial charge in [-0.3, -0.25) is 4.79 Å². The Kier molecular flexibility index (Phi) is 4.83. The number of alkyl halides is 1. The normalized spacial score (nSPS) is 10.9. The number of halogens is 4. The van der Waals surface area contributed by atoms with Crippen molar-refractivity contribution in [2.45, 2.75) is 5.88 Å². The molecule has 0 unspecified atom stereocenters. The fraction of sp³-hybridized carbons (Fsp3) is 0.118. The second kappa shape index (κ2) is 6.90. The molecule has 0 radical (unpaired) electrons. The zero-order valence-electron chi connectivity index (χ0n) is 12.8. The van der Waals surface area contributed by atoms with Crippen molar-refractivity contribution in [2.75, 3.05) is 7.11 Å². The van der Waals surface area contributed by atoms with E-state index in [4.69, 9.17) is 27.9 Å². The summed E-state index contributed by atoms with van der Waals surface area (Å²) in [5.41, 5.74) is -0.556. The number of ether oxygens (including phenoxy) is 1. The highest BCUT2D eigenvalue weighted by molar-refractivity contribution is 6.34. The first-order valence-electron chi connectivity index (χ1n) is 7.04. The average molecular weight is 383 g/mol. The molecule has 4 nitrogen and oxygen atoms in total. The molecule has 0 amide bonds. The summed E-state index contributed by atoms with van der Waals surface area (Å²) < 4.78 is 34.7. The summed E-state index contributed by atoms with van der Waals surface area (Å²) in [6.45, 7) is 0. The highest BCUT2D eigenvalue weighted by Crippen LogP contribution is 2.41. The lowest BCUT2D eigenvalue weighted by Gasteiger charge is -2.14. The molecule has 1 aromatic heterocycles. The lowest BCUT2D eigenvalue weighted by atomic mass is 10.0. The second-order valence-corrected chi connectivity index (χ2v) is 5.71. The first kappa shape index (κ1) is 17.5. The minimum atomic E-state index is -0.886. The van der Waals surface area contributed by atoms with Crippen LogP contribution in [-0.2, 0) is 5.88 Å². The van der Waals surface area contributed by atoms with Gasteiger partial charge in [0, 0.05) is 10.9 Å². The standard InChI is InChI=1S/C17H10Cl2F2N2O2/c1-25-12-4-2-3-10(20)15(12)14-9(19)5-8-11(7-24)22-13(6-18)23-17(8)16(14)21/h2-5,7H,6H2,1H3. The van der Waals surface area contributed by atoms with Crippen LogP contribution in [0.2, 0.25) is 5.02 Å². The fourth-order valence-corrected chi connectivity index (χ4v) is 2.97. The quantitative estimate of drug-likeness (QED) is 0.480. The van der Waals surface area contributed by atoms with E-state index in [2.05, 4.69) is 9.97 Å². The molecule has 0 saturated carbocycles. The highest BCUT2D eigenvalue weighted by Gasteiger charge is 2.23. The minimum Gasteiger partial charge on any atom is -0.496 e. The number of aromatic nitrogens is 2. The number of hydrogen-bond donors (Lipinski definition) is 0. The molecule has 2 aromatic carbocycles. The van der Waals surface area contributed by atoms with Gasteiger partial charge in [0.15, 0.2) is 12.1 Å². The van der Waals surface area contributed by atoms with Crippen LogP contribution >= 0.6 is 23.2 Å². The molecule has 8 heteroatoms. The zero-order chi connectivity index (χ0) is 18.1. The molecule has 1 heterocycles. The van der Waals surface area contributed by atoms with Crippen LogP contribution in [0.15, 0.2) is 24.3 Å². The summed E-state index contributed by atoms with van der Waals surface area (Å²) in [6, 6.07) is 5.41. The number of hydrogen-bond acceptors (Lipinski definition) is 4. The number of methoxy groups -OCH3 is 1. The lowest BCUT2D eigenvalue weighted by Crippen LogP contribution is -2.03. The number of rotatable bonds is 4. The van der Waals surface area contributed by atoms with Crippen molar-refractivity contribution < 1.29 is 18.3 Å². The summed E-state index contributed by atoms with van der Waals surface area (Å²) in [4.78, 5) is 19.2. The predicted molar refractivity (Wildman–Crippen MR) is 91.4 cm³/mol. The summed E-state index contributed by atoms with van der Waals surface area (Å²) >= 11 is 11.9. The smallest absolute Gasteiger partial charge is 0.169 e. The molecular formula is C17H10Cl2F2N2O2. The van der Waals surface area contributed by atoms with Gasteiger partial charge in [-0.05, 0) is 18.2 Å². The van der Waals surface area contributed by atoms with Crippen molar-refractivity contribution in [1.29, 1.82) is 0 Å². The van der Waals surface area contributed by atoms with E-state index in [0.29, 0.717) is 6.29 Å². The van der Waals surface area contributed by atoms with E-state index in [1.54, 1.807) is 0 Å². The molecule has 0 fully saturated rings. The maximum atomic E-state index is 15.2. The summed E-state index contributed by atoms with van der Waals surface area (Å²) in [5.74, 6) is -1.52. The molecule has 3 rings (SSSR count). The molecule has 25 heavy (non-hydrogen) atoms. The van der Waals surface area contributed by atoms with Crippen LogP contribution in [0.25, 0.3) is 22.0 Å². The van der Waals surface area contributed by atoms with Crippen LogP contribution in [0.3, 0.4) is 0 Å². The molecule has 0 atom stereocenters. The third-order valence-corrected chi connectivity index (χ3v) is 4.17. The Morgan fingerprint density at radius 3 is 2.64 bits per heavy atom. The first-order valence-corrected chi connectivity index (χ1v) is 7.95. The second-order valence-electron chi connectivity index (χ2n) is 5.04. The monoisotopic (exact) mass is 382 g/mol. The molecule has 0 aliphatic heterocycles. The molecule has 0 aliphatic rings. The topological polar surface area (TPSA) is 52.1 Å². The van der Waals surface area contributed by atoms with Gasteiger partial charge >= 0.3 is 0 Å². The molecule has 0 aliphatic carbocycles. The maximum absolute atomic E-state index is 15.2. The number of aldehydes is 1. The van der Waals surface area contributed by atoms with Crippen molar-refractivity contribution in [3.05, 3.63) is 52.4 Å². The van der Waals surface area contributed by atoms with Gasteiger partial charge in [-0.2, -0.15) is 0 Å². The van der Waals surface area contributed by atoms with Crippen LogP contribution < -0.4 is 4.74 Å². The predicted octanol–water partition coefficient (Wildman–Crippen LogP) is 4.79. The van der Waals surface area contributed by atoms with Gasteiger partial charge in [-0.25, -0.2) is 18.7 Å². The van der Waals surface area contributed by atoms with E-state index >= 15 is 4.39 Å². The van der Waals surface area contributed by atoms with Crippen LogP contribution in [0.1, 0.15) is 16.3 Å². The number of fused-ring (bicyclic) bond motifs is 1. The Balaban J connectivity index is 2.44. The number of carbonyl (C=O) groups excluding carboxylic acids is 1. The Bertz CT molecular complexity index is 996. The highest BCUT2D eigenvalue weighted by atomic mass is 35.5. The van der Waals surface area contributed by atoms with Gasteiger partial charge in [-0.15, -0.1) is 11.6 Å². The Labute approximate surface area is 151 Å². The van der Waals surface area contributed by atoms with Crippen molar-refractivity contribution in [1.82, 2.24) is 9.97 Å². The Hall–Kier alpha value is -2.31. The van der Waals surface area contributed by atoms with Crippen molar-refractivity contribution >= 4 is 40.4 Å². The van der Waals surface area contributed by atoms with Gasteiger partial charge in [0.2, 0.25) is 0 Å². The van der Waals surface area contributed by atoms with Crippen molar-refractivity contribution in [3.8, 4) is 16.9 Å². The van der Waals surface area contributed by atoms with Gasteiger partial charge < -0.3 is 4.74 Å². The molecule has 3 aromatic rings. The van der Waals surface area contributed by atoms with Gasteiger partial charge in [-0.1, -0.05) is 17.7 Å². The molecule has 0 bridgehead atoms. The van der Waals surface area contributed by atoms with Crippen LogP contribution in [-0.4, -0.2) is 23.4 Å². The molecular weight excluding hydrogens is 373 g/mol. The van der Waals surface area contributed by atoms with Crippen LogP contribution in [0, 0.1) is 11.6 Å². The van der Waals surface area contributed by atoms with Crippen LogP contribution in [0.4, 0.5) is 8.78 Å². The Morgan fingerprint density at radius 1 is 1.24 bits per heavy atom. The lowest BCUT2D eigenvalue weighted by molar-refractivity contribution is 0.112. The van der Waals surface area contributed by atoms with Gasteiger partial charge in [0.05, 0.1) is 23.6 Å². The number of benzene rings is 2. The molecule has 0 saturated heterocycles. The summed E-state index contributed by atoms with van der Waals surface area (Å²) in [5, 5.41) is 0.0177. The largest absolute Gasteiger partial charge is 0.496 e. The van der Waals surface area contributed by atoms with E-state index in [0.717, 1.165) is 0 Å². The third-order valence-electron chi connectivity index (χ3n) is 3.64. The van der Waals surface area contributed by atoms with E-state index in [-0.39, 0.29) is 50.2 Å². The number of nitrogens with zero attached hydrogens (tertiary/aromatic N) is 2. The van der Waals surface area contributed by atoms with Gasteiger partial charge in [0.1, 0.15) is 28.6 Å². The SMILES string of the molecule is COc1cccc(F)c1-c1c(Cl)cc2c(C=O)nc(CCl)nc2c1F. The maximum Gasteiger partial charge on any atom is 0.169 e. The minimum absolute atomic E-state index is 0.0477. The summed E-state index contributed by atoms with van der Waals surface area (Å²) in [7, 11) is 1.34. The van der Waals surface area contributed by atoms with Crippen LogP contribution in [0.5, 0.6) is 5.75 Å². The van der Waals surface area contributed by atoms with Crippen molar-refractivity contribution in [3.63, 3.8) is 0 Å². The Morgan fingerprint density at radius 2 is 2.00 bits per heavy atom. The number of carbonyl (C=O) groups is 1.